The molecule has 0 saturated carbocycles. The number of rotatable bonds is 11. The van der Waals surface area contributed by atoms with Crippen LogP contribution in [-0.4, -0.2) is 12.6 Å². The van der Waals surface area contributed by atoms with Crippen LogP contribution in [0.1, 0.15) is 79.1 Å². The number of hydrogen-bond acceptors (Lipinski definition) is 1. The van der Waals surface area contributed by atoms with E-state index in [9.17, 15) is 0 Å². The Labute approximate surface area is 103 Å². The molecule has 0 fully saturated rings. The Kier molecular flexibility index (Phi) is 11.4. The van der Waals surface area contributed by atoms with E-state index in [1.165, 1.54) is 57.9 Å². The van der Waals surface area contributed by atoms with Crippen LogP contribution in [0.5, 0.6) is 0 Å². The molecule has 0 radical (unpaired) electrons. The lowest BCUT2D eigenvalue weighted by molar-refractivity contribution is 0.363. The average Bonchev–Trinajstić information content (AvgIpc) is 2.33. The number of hydrogen-bond donors (Lipinski definition) is 1. The molecule has 2 unspecified atom stereocenters. The van der Waals surface area contributed by atoms with E-state index in [1.54, 1.807) is 0 Å². The lowest BCUT2D eigenvalue weighted by Gasteiger charge is -2.20. The van der Waals surface area contributed by atoms with Crippen molar-refractivity contribution in [2.75, 3.05) is 6.54 Å². The van der Waals surface area contributed by atoms with E-state index in [-0.39, 0.29) is 0 Å². The molecule has 16 heavy (non-hydrogen) atoms. The van der Waals surface area contributed by atoms with Gasteiger partial charge in [-0.05, 0) is 38.1 Å². The number of unbranched alkanes of at least 4 members (excludes halogenated alkanes) is 1. The Balaban J connectivity index is 3.69. The van der Waals surface area contributed by atoms with Crippen molar-refractivity contribution in [3.63, 3.8) is 0 Å². The maximum absolute atomic E-state index is 3.65. The maximum Gasteiger partial charge on any atom is 0.00645 e. The van der Waals surface area contributed by atoms with E-state index < -0.39 is 0 Å². The second-order valence-electron chi connectivity index (χ2n) is 5.05. The maximum atomic E-state index is 3.65. The SMILES string of the molecule is CCCCC(CC)CCC(CC)NCCC. The third-order valence-electron chi connectivity index (χ3n) is 3.64. The first-order chi connectivity index (χ1) is 7.78. The Morgan fingerprint density at radius 1 is 0.812 bits per heavy atom. The van der Waals surface area contributed by atoms with Gasteiger partial charge in [-0.3, -0.25) is 0 Å². The zero-order valence-electron chi connectivity index (χ0n) is 12.0. The fourth-order valence-corrected chi connectivity index (χ4v) is 2.28. The third-order valence-corrected chi connectivity index (χ3v) is 3.64. The van der Waals surface area contributed by atoms with Gasteiger partial charge in [0.25, 0.3) is 0 Å². The fourth-order valence-electron chi connectivity index (χ4n) is 2.28. The largest absolute Gasteiger partial charge is 0.314 e. The summed E-state index contributed by atoms with van der Waals surface area (Å²) in [6, 6.07) is 0.760. The van der Waals surface area contributed by atoms with Crippen molar-refractivity contribution in [3.8, 4) is 0 Å². The van der Waals surface area contributed by atoms with Crippen LogP contribution in [0.3, 0.4) is 0 Å². The Morgan fingerprint density at radius 2 is 1.56 bits per heavy atom. The van der Waals surface area contributed by atoms with Gasteiger partial charge in [0.1, 0.15) is 0 Å². The van der Waals surface area contributed by atoms with Gasteiger partial charge in [0.2, 0.25) is 0 Å². The molecule has 2 atom stereocenters. The summed E-state index contributed by atoms with van der Waals surface area (Å²) in [6.07, 6.45) is 10.9. The van der Waals surface area contributed by atoms with Crippen molar-refractivity contribution in [2.24, 2.45) is 5.92 Å². The van der Waals surface area contributed by atoms with Gasteiger partial charge in [-0.1, -0.05) is 53.4 Å². The van der Waals surface area contributed by atoms with E-state index >= 15 is 0 Å². The standard InChI is InChI=1S/C15H33N/c1-5-9-10-14(7-3)11-12-15(8-4)16-13-6-2/h14-16H,5-13H2,1-4H3. The molecule has 0 aromatic carbocycles. The van der Waals surface area contributed by atoms with Crippen molar-refractivity contribution >= 4 is 0 Å². The quantitative estimate of drug-likeness (QED) is 0.536. The fraction of sp³-hybridized carbons (Fsp3) is 1.00. The minimum absolute atomic E-state index is 0.760. The van der Waals surface area contributed by atoms with Crippen LogP contribution in [0.25, 0.3) is 0 Å². The van der Waals surface area contributed by atoms with E-state index in [0.29, 0.717) is 0 Å². The molecule has 0 heterocycles. The molecule has 98 valence electrons. The van der Waals surface area contributed by atoms with E-state index in [4.69, 9.17) is 0 Å². The molecule has 0 aliphatic carbocycles. The van der Waals surface area contributed by atoms with Gasteiger partial charge >= 0.3 is 0 Å². The Hall–Kier alpha value is -0.0400. The Bertz CT molecular complexity index is 117. The monoisotopic (exact) mass is 227 g/mol. The van der Waals surface area contributed by atoms with Crippen LogP contribution >= 0.6 is 0 Å². The molecule has 0 bridgehead atoms. The van der Waals surface area contributed by atoms with E-state index in [0.717, 1.165) is 12.0 Å². The molecule has 1 nitrogen and oxygen atoms in total. The molecule has 0 aromatic rings. The molecular formula is C15H33N. The molecule has 0 aliphatic heterocycles. The van der Waals surface area contributed by atoms with Gasteiger partial charge in [0.15, 0.2) is 0 Å². The van der Waals surface area contributed by atoms with Crippen LogP contribution in [0.2, 0.25) is 0 Å². The minimum atomic E-state index is 0.760. The molecule has 0 saturated heterocycles. The molecular weight excluding hydrogens is 194 g/mol. The van der Waals surface area contributed by atoms with Gasteiger partial charge < -0.3 is 5.32 Å². The highest BCUT2D eigenvalue weighted by Gasteiger charge is 2.10. The van der Waals surface area contributed by atoms with Gasteiger partial charge in [-0.25, -0.2) is 0 Å². The van der Waals surface area contributed by atoms with E-state index in [1.807, 2.05) is 0 Å². The van der Waals surface area contributed by atoms with Crippen molar-refractivity contribution in [3.05, 3.63) is 0 Å². The highest BCUT2D eigenvalue weighted by molar-refractivity contribution is 4.67. The zero-order chi connectivity index (χ0) is 12.2. The summed E-state index contributed by atoms with van der Waals surface area (Å²) in [5.74, 6) is 0.970. The predicted molar refractivity (Wildman–Crippen MR) is 74.9 cm³/mol. The molecule has 0 aromatic heterocycles. The first kappa shape index (κ1) is 16.0. The summed E-state index contributed by atoms with van der Waals surface area (Å²) >= 11 is 0. The van der Waals surface area contributed by atoms with Crippen LogP contribution in [0.4, 0.5) is 0 Å². The highest BCUT2D eigenvalue weighted by Crippen LogP contribution is 2.19. The lowest BCUT2D eigenvalue weighted by atomic mass is 9.92. The summed E-state index contributed by atoms with van der Waals surface area (Å²) in [5, 5.41) is 3.65. The molecule has 1 N–H and O–H groups in total. The summed E-state index contributed by atoms with van der Waals surface area (Å²) in [6.45, 7) is 10.4. The first-order valence-electron chi connectivity index (χ1n) is 7.51. The minimum Gasteiger partial charge on any atom is -0.314 e. The lowest BCUT2D eigenvalue weighted by Crippen LogP contribution is -2.29. The van der Waals surface area contributed by atoms with Crippen molar-refractivity contribution in [2.45, 2.75) is 85.1 Å². The van der Waals surface area contributed by atoms with Gasteiger partial charge in [0.05, 0.1) is 0 Å². The van der Waals surface area contributed by atoms with Crippen molar-refractivity contribution in [1.29, 1.82) is 0 Å². The van der Waals surface area contributed by atoms with Gasteiger partial charge in [-0.15, -0.1) is 0 Å². The number of nitrogens with one attached hydrogen (secondary N) is 1. The van der Waals surface area contributed by atoms with Crippen LogP contribution in [0, 0.1) is 5.92 Å². The van der Waals surface area contributed by atoms with Crippen molar-refractivity contribution in [1.82, 2.24) is 5.32 Å². The van der Waals surface area contributed by atoms with Crippen LogP contribution < -0.4 is 5.32 Å². The third kappa shape index (κ3) is 8.15. The predicted octanol–water partition coefficient (Wildman–Crippen LogP) is 4.76. The summed E-state index contributed by atoms with van der Waals surface area (Å²) in [7, 11) is 0. The topological polar surface area (TPSA) is 12.0 Å². The van der Waals surface area contributed by atoms with Crippen LogP contribution in [-0.2, 0) is 0 Å². The zero-order valence-corrected chi connectivity index (χ0v) is 12.0. The Morgan fingerprint density at radius 3 is 2.06 bits per heavy atom. The smallest absolute Gasteiger partial charge is 0.00645 e. The van der Waals surface area contributed by atoms with Gasteiger partial charge in [-0.2, -0.15) is 0 Å². The highest BCUT2D eigenvalue weighted by atomic mass is 14.9. The van der Waals surface area contributed by atoms with Gasteiger partial charge in [0, 0.05) is 6.04 Å². The molecule has 0 aliphatic rings. The second kappa shape index (κ2) is 11.4. The molecule has 0 spiro atoms. The summed E-state index contributed by atoms with van der Waals surface area (Å²) in [5.41, 5.74) is 0. The van der Waals surface area contributed by atoms with E-state index in [2.05, 4.69) is 33.0 Å². The second-order valence-corrected chi connectivity index (χ2v) is 5.05. The first-order valence-corrected chi connectivity index (χ1v) is 7.51. The molecule has 0 rings (SSSR count). The molecule has 1 heteroatoms. The van der Waals surface area contributed by atoms with Crippen molar-refractivity contribution < 1.29 is 0 Å². The van der Waals surface area contributed by atoms with Crippen LogP contribution in [0.15, 0.2) is 0 Å². The average molecular weight is 227 g/mol. The summed E-state index contributed by atoms with van der Waals surface area (Å²) < 4.78 is 0. The normalized spacial score (nSPS) is 15.0. The molecule has 0 amide bonds. The summed E-state index contributed by atoms with van der Waals surface area (Å²) in [4.78, 5) is 0.